The van der Waals surface area contributed by atoms with Crippen LogP contribution in [0, 0.1) is 0 Å². The second-order valence-electron chi connectivity index (χ2n) is 5.94. The minimum Gasteiger partial charge on any atom is -0.491 e. The molecule has 118 valence electrons. The van der Waals surface area contributed by atoms with Gasteiger partial charge in [-0.2, -0.15) is 0 Å². The van der Waals surface area contributed by atoms with Gasteiger partial charge in [-0.15, -0.1) is 0 Å². The summed E-state index contributed by atoms with van der Waals surface area (Å²) < 4.78 is 11.3. The van der Waals surface area contributed by atoms with Crippen LogP contribution < -0.4 is 4.74 Å². The van der Waals surface area contributed by atoms with E-state index in [0.29, 0.717) is 13.2 Å². The smallest absolute Gasteiger partial charge is 0.119 e. The fourth-order valence-electron chi connectivity index (χ4n) is 2.80. The number of rotatable bonds is 6. The lowest BCUT2D eigenvalue weighted by atomic mass is 10.2. The molecule has 0 unspecified atom stereocenters. The monoisotopic (exact) mass is 293 g/mol. The number of benzene rings is 1. The van der Waals surface area contributed by atoms with E-state index in [1.807, 2.05) is 12.1 Å². The Labute approximate surface area is 127 Å². The minimum absolute atomic E-state index is 0.225. The molecule has 1 aliphatic rings. The van der Waals surface area contributed by atoms with Crippen molar-refractivity contribution in [2.45, 2.75) is 45.5 Å². The molecular weight excluding hydrogens is 266 g/mol. The Hall–Kier alpha value is -1.10. The molecule has 4 heteroatoms. The van der Waals surface area contributed by atoms with Gasteiger partial charge in [-0.05, 0) is 38.0 Å². The molecule has 0 amide bonds. The van der Waals surface area contributed by atoms with E-state index in [0.717, 1.165) is 25.3 Å². The van der Waals surface area contributed by atoms with Crippen molar-refractivity contribution in [1.29, 1.82) is 0 Å². The normalized spacial score (nSPS) is 24.8. The average molecular weight is 293 g/mol. The van der Waals surface area contributed by atoms with Gasteiger partial charge in [0.25, 0.3) is 0 Å². The summed E-state index contributed by atoms with van der Waals surface area (Å²) in [5.41, 5.74) is 1.29. The highest BCUT2D eigenvalue weighted by molar-refractivity contribution is 5.27. The summed E-state index contributed by atoms with van der Waals surface area (Å²) in [7, 11) is 0. The lowest BCUT2D eigenvalue weighted by Gasteiger charge is -2.36. The van der Waals surface area contributed by atoms with Crippen LogP contribution in [0.3, 0.4) is 0 Å². The molecule has 0 aromatic heterocycles. The fraction of sp³-hybridized carbons (Fsp3) is 0.647. The Kier molecular flexibility index (Phi) is 6.03. The molecule has 1 saturated heterocycles. The van der Waals surface area contributed by atoms with Crippen molar-refractivity contribution in [3.05, 3.63) is 29.8 Å². The van der Waals surface area contributed by atoms with E-state index >= 15 is 0 Å². The molecule has 3 atom stereocenters. The summed E-state index contributed by atoms with van der Waals surface area (Å²) in [6, 6.07) is 8.05. The van der Waals surface area contributed by atoms with Gasteiger partial charge in [-0.3, -0.25) is 4.90 Å². The average Bonchev–Trinajstić information content (AvgIpc) is 2.44. The van der Waals surface area contributed by atoms with Crippen LogP contribution in [-0.4, -0.2) is 54.6 Å². The molecule has 21 heavy (non-hydrogen) atoms. The molecule has 0 spiro atoms. The predicted octanol–water partition coefficient (Wildman–Crippen LogP) is 2.10. The van der Waals surface area contributed by atoms with Crippen LogP contribution in [0.5, 0.6) is 5.75 Å². The maximum Gasteiger partial charge on any atom is 0.119 e. The van der Waals surface area contributed by atoms with E-state index in [4.69, 9.17) is 9.47 Å². The number of hydrogen-bond acceptors (Lipinski definition) is 4. The Bertz CT molecular complexity index is 411. The lowest BCUT2D eigenvalue weighted by Crippen LogP contribution is -2.48. The van der Waals surface area contributed by atoms with Gasteiger partial charge < -0.3 is 14.6 Å². The molecule has 1 fully saturated rings. The molecular formula is C17H27NO3. The van der Waals surface area contributed by atoms with Crippen molar-refractivity contribution in [1.82, 2.24) is 4.90 Å². The molecule has 0 radical (unpaired) electrons. The Balaban J connectivity index is 1.74. The standard InChI is InChI=1S/C17H27NO3/c1-4-15-5-7-17(8-6-15)20-12-16(19)11-18-9-13(2)21-14(3)10-18/h5-8,13-14,16,19H,4,9-12H2,1-3H3/t13-,14-,16+/m1/s1. The zero-order valence-electron chi connectivity index (χ0n) is 13.3. The summed E-state index contributed by atoms with van der Waals surface area (Å²) in [6.45, 7) is 8.96. The second kappa shape index (κ2) is 7.78. The maximum atomic E-state index is 10.1. The van der Waals surface area contributed by atoms with Crippen LogP contribution >= 0.6 is 0 Å². The van der Waals surface area contributed by atoms with E-state index in [2.05, 4.69) is 37.8 Å². The van der Waals surface area contributed by atoms with Gasteiger partial charge in [0.2, 0.25) is 0 Å². The Morgan fingerprint density at radius 3 is 2.43 bits per heavy atom. The number of nitrogens with zero attached hydrogens (tertiary/aromatic N) is 1. The van der Waals surface area contributed by atoms with Gasteiger partial charge >= 0.3 is 0 Å². The first-order valence-corrected chi connectivity index (χ1v) is 7.84. The number of aliphatic hydroxyl groups excluding tert-OH is 1. The highest BCUT2D eigenvalue weighted by atomic mass is 16.5. The van der Waals surface area contributed by atoms with Crippen LogP contribution in [0.2, 0.25) is 0 Å². The van der Waals surface area contributed by atoms with Crippen LogP contribution in [0.1, 0.15) is 26.3 Å². The molecule has 1 N–H and O–H groups in total. The maximum absolute atomic E-state index is 10.1. The van der Waals surface area contributed by atoms with E-state index in [-0.39, 0.29) is 12.2 Å². The number of aliphatic hydroxyl groups is 1. The number of aryl methyl sites for hydroxylation is 1. The van der Waals surface area contributed by atoms with E-state index < -0.39 is 6.10 Å². The van der Waals surface area contributed by atoms with Crippen molar-refractivity contribution < 1.29 is 14.6 Å². The largest absolute Gasteiger partial charge is 0.491 e. The molecule has 1 heterocycles. The minimum atomic E-state index is -0.478. The first-order valence-electron chi connectivity index (χ1n) is 7.84. The number of hydrogen-bond donors (Lipinski definition) is 1. The third kappa shape index (κ3) is 5.30. The summed E-state index contributed by atoms with van der Waals surface area (Å²) in [4.78, 5) is 2.24. The number of morpholine rings is 1. The molecule has 1 aromatic carbocycles. The van der Waals surface area contributed by atoms with E-state index in [1.54, 1.807) is 0 Å². The van der Waals surface area contributed by atoms with Gasteiger partial charge in [0.15, 0.2) is 0 Å². The van der Waals surface area contributed by atoms with Gasteiger partial charge in [0.05, 0.1) is 12.2 Å². The first kappa shape index (κ1) is 16.3. The van der Waals surface area contributed by atoms with Crippen molar-refractivity contribution >= 4 is 0 Å². The van der Waals surface area contributed by atoms with Crippen LogP contribution in [-0.2, 0) is 11.2 Å². The van der Waals surface area contributed by atoms with E-state index in [1.165, 1.54) is 5.56 Å². The summed E-state index contributed by atoms with van der Waals surface area (Å²) in [5.74, 6) is 0.815. The highest BCUT2D eigenvalue weighted by Crippen LogP contribution is 2.14. The SMILES string of the molecule is CCc1ccc(OC[C@@H](O)CN2C[C@@H](C)O[C@H](C)C2)cc1. The zero-order valence-corrected chi connectivity index (χ0v) is 13.3. The molecule has 0 aliphatic carbocycles. The Morgan fingerprint density at radius 1 is 1.24 bits per heavy atom. The quantitative estimate of drug-likeness (QED) is 0.872. The van der Waals surface area contributed by atoms with Crippen molar-refractivity contribution in [2.75, 3.05) is 26.2 Å². The third-order valence-electron chi connectivity index (χ3n) is 3.74. The van der Waals surface area contributed by atoms with Crippen molar-refractivity contribution in [3.63, 3.8) is 0 Å². The fourth-order valence-corrected chi connectivity index (χ4v) is 2.80. The van der Waals surface area contributed by atoms with Crippen LogP contribution in [0.25, 0.3) is 0 Å². The zero-order chi connectivity index (χ0) is 15.2. The predicted molar refractivity (Wildman–Crippen MR) is 83.8 cm³/mol. The lowest BCUT2D eigenvalue weighted by molar-refractivity contribution is -0.0786. The van der Waals surface area contributed by atoms with Crippen molar-refractivity contribution in [2.24, 2.45) is 0 Å². The van der Waals surface area contributed by atoms with E-state index in [9.17, 15) is 5.11 Å². The molecule has 1 aromatic rings. The van der Waals surface area contributed by atoms with Gasteiger partial charge in [0, 0.05) is 19.6 Å². The molecule has 4 nitrogen and oxygen atoms in total. The molecule has 0 bridgehead atoms. The highest BCUT2D eigenvalue weighted by Gasteiger charge is 2.23. The first-order chi connectivity index (χ1) is 10.1. The summed E-state index contributed by atoms with van der Waals surface area (Å²) in [5, 5.41) is 10.1. The topological polar surface area (TPSA) is 41.9 Å². The molecule has 1 aliphatic heterocycles. The van der Waals surface area contributed by atoms with Crippen LogP contribution in [0.4, 0.5) is 0 Å². The summed E-state index contributed by atoms with van der Waals surface area (Å²) >= 11 is 0. The van der Waals surface area contributed by atoms with Crippen LogP contribution in [0.15, 0.2) is 24.3 Å². The molecule has 0 saturated carbocycles. The number of ether oxygens (including phenoxy) is 2. The number of β-amino-alcohol motifs (C(OH)–C–C–N with tert-alkyl or cyclic N) is 1. The van der Waals surface area contributed by atoms with Crippen molar-refractivity contribution in [3.8, 4) is 5.75 Å². The van der Waals surface area contributed by atoms with Gasteiger partial charge in [-0.1, -0.05) is 19.1 Å². The molecule has 2 rings (SSSR count). The summed E-state index contributed by atoms with van der Waals surface area (Å²) in [6.07, 6.45) is 0.997. The second-order valence-corrected chi connectivity index (χ2v) is 5.94. The van der Waals surface area contributed by atoms with Gasteiger partial charge in [0.1, 0.15) is 18.5 Å². The van der Waals surface area contributed by atoms with Gasteiger partial charge in [-0.25, -0.2) is 0 Å². The third-order valence-corrected chi connectivity index (χ3v) is 3.74. The Morgan fingerprint density at radius 2 is 1.86 bits per heavy atom.